The van der Waals surface area contributed by atoms with E-state index in [0.717, 1.165) is 44.3 Å². The molecule has 4 nitrogen and oxygen atoms in total. The standard InChI is InChI=1S/C25H24N4/c1-17(2)29-25(21-13-19-9-5-7-11-23(19)28-16-21)14-24(26-3)20-12-18-8-4-6-10-22(18)27-15-20/h4-17,29H,1-3H3. The van der Waals surface area contributed by atoms with Gasteiger partial charge in [0, 0.05) is 53.1 Å². The van der Waals surface area contributed by atoms with E-state index in [-0.39, 0.29) is 6.04 Å². The quantitative estimate of drug-likeness (QED) is 0.482. The summed E-state index contributed by atoms with van der Waals surface area (Å²) in [6.07, 6.45) is 5.87. The van der Waals surface area contributed by atoms with E-state index in [1.807, 2.05) is 55.8 Å². The number of benzene rings is 2. The maximum Gasteiger partial charge on any atom is 0.0702 e. The fourth-order valence-corrected chi connectivity index (χ4v) is 3.36. The van der Waals surface area contributed by atoms with E-state index in [1.165, 1.54) is 0 Å². The molecule has 0 radical (unpaired) electrons. The van der Waals surface area contributed by atoms with E-state index < -0.39 is 0 Å². The van der Waals surface area contributed by atoms with Gasteiger partial charge in [-0.1, -0.05) is 36.4 Å². The Hall–Kier alpha value is -3.53. The average Bonchev–Trinajstić information content (AvgIpc) is 2.75. The molecule has 0 aliphatic carbocycles. The fourth-order valence-electron chi connectivity index (χ4n) is 3.36. The van der Waals surface area contributed by atoms with Crippen LogP contribution in [0.3, 0.4) is 0 Å². The van der Waals surface area contributed by atoms with E-state index in [0.29, 0.717) is 0 Å². The molecule has 4 aromatic rings. The van der Waals surface area contributed by atoms with Gasteiger partial charge in [0.1, 0.15) is 0 Å². The van der Waals surface area contributed by atoms with Gasteiger partial charge in [-0.15, -0.1) is 0 Å². The van der Waals surface area contributed by atoms with Crippen LogP contribution < -0.4 is 5.32 Å². The zero-order valence-electron chi connectivity index (χ0n) is 16.9. The second-order valence-corrected chi connectivity index (χ2v) is 7.30. The first-order valence-corrected chi connectivity index (χ1v) is 9.79. The molecule has 4 heteroatoms. The number of aliphatic imine (C=N–C) groups is 1. The van der Waals surface area contributed by atoms with Crippen LogP contribution in [-0.4, -0.2) is 28.8 Å². The monoisotopic (exact) mass is 380 g/mol. The number of aromatic nitrogens is 2. The molecule has 0 saturated heterocycles. The summed E-state index contributed by atoms with van der Waals surface area (Å²) in [5, 5.41) is 5.77. The Morgan fingerprint density at radius 2 is 1.41 bits per heavy atom. The molecule has 2 aromatic heterocycles. The lowest BCUT2D eigenvalue weighted by atomic mass is 10.0. The third-order valence-corrected chi connectivity index (χ3v) is 4.75. The Labute approximate surface area is 171 Å². The lowest BCUT2D eigenvalue weighted by Gasteiger charge is -2.16. The number of rotatable bonds is 5. The van der Waals surface area contributed by atoms with Crippen LogP contribution in [-0.2, 0) is 0 Å². The molecular weight excluding hydrogens is 356 g/mol. The highest BCUT2D eigenvalue weighted by Gasteiger charge is 2.09. The summed E-state index contributed by atoms with van der Waals surface area (Å²) in [5.41, 5.74) is 5.86. The third kappa shape index (κ3) is 4.16. The van der Waals surface area contributed by atoms with Crippen molar-refractivity contribution < 1.29 is 0 Å². The minimum absolute atomic E-state index is 0.278. The highest BCUT2D eigenvalue weighted by atomic mass is 14.9. The molecule has 0 aliphatic heterocycles. The lowest BCUT2D eigenvalue weighted by molar-refractivity contribution is 0.717. The van der Waals surface area contributed by atoms with E-state index >= 15 is 0 Å². The molecule has 0 fully saturated rings. The molecule has 0 unspecified atom stereocenters. The third-order valence-electron chi connectivity index (χ3n) is 4.75. The molecule has 4 rings (SSSR count). The van der Waals surface area contributed by atoms with Crippen LogP contribution >= 0.6 is 0 Å². The van der Waals surface area contributed by atoms with Crippen molar-refractivity contribution in [2.75, 3.05) is 7.05 Å². The molecule has 2 heterocycles. The van der Waals surface area contributed by atoms with Gasteiger partial charge in [0.15, 0.2) is 0 Å². The van der Waals surface area contributed by atoms with Gasteiger partial charge < -0.3 is 5.32 Å². The molecule has 1 N–H and O–H groups in total. The van der Waals surface area contributed by atoms with Gasteiger partial charge in [0.05, 0.1) is 16.7 Å². The molecule has 0 spiro atoms. The van der Waals surface area contributed by atoms with Crippen molar-refractivity contribution in [3.8, 4) is 0 Å². The van der Waals surface area contributed by atoms with Crippen molar-refractivity contribution in [2.24, 2.45) is 4.99 Å². The Balaban J connectivity index is 1.79. The summed E-state index contributed by atoms with van der Waals surface area (Å²) in [4.78, 5) is 13.8. The van der Waals surface area contributed by atoms with E-state index in [9.17, 15) is 0 Å². The average molecular weight is 380 g/mol. The zero-order valence-corrected chi connectivity index (χ0v) is 16.9. The number of hydrogen-bond acceptors (Lipinski definition) is 4. The minimum Gasteiger partial charge on any atom is -0.382 e. The second-order valence-electron chi connectivity index (χ2n) is 7.30. The van der Waals surface area contributed by atoms with Crippen molar-refractivity contribution in [3.05, 3.63) is 90.3 Å². The molecule has 2 aromatic carbocycles. The van der Waals surface area contributed by atoms with Crippen molar-refractivity contribution in [1.82, 2.24) is 15.3 Å². The van der Waals surface area contributed by atoms with Gasteiger partial charge in [-0.3, -0.25) is 15.0 Å². The summed E-state index contributed by atoms with van der Waals surface area (Å²) in [6, 6.07) is 20.8. The smallest absolute Gasteiger partial charge is 0.0702 e. The largest absolute Gasteiger partial charge is 0.382 e. The van der Waals surface area contributed by atoms with Gasteiger partial charge in [0.25, 0.3) is 0 Å². The van der Waals surface area contributed by atoms with Crippen molar-refractivity contribution in [2.45, 2.75) is 19.9 Å². The van der Waals surface area contributed by atoms with Crippen molar-refractivity contribution in [1.29, 1.82) is 0 Å². The summed E-state index contributed by atoms with van der Waals surface area (Å²) >= 11 is 0. The number of pyridine rings is 2. The Bertz CT molecular complexity index is 1220. The minimum atomic E-state index is 0.278. The molecular formula is C25H24N4. The van der Waals surface area contributed by atoms with Crippen LogP contribution in [0.25, 0.3) is 27.5 Å². The summed E-state index contributed by atoms with van der Waals surface area (Å²) < 4.78 is 0. The summed E-state index contributed by atoms with van der Waals surface area (Å²) in [7, 11) is 1.81. The highest BCUT2D eigenvalue weighted by molar-refractivity contribution is 6.13. The topological polar surface area (TPSA) is 50.2 Å². The van der Waals surface area contributed by atoms with Crippen LogP contribution in [0.1, 0.15) is 25.0 Å². The zero-order chi connectivity index (χ0) is 20.2. The summed E-state index contributed by atoms with van der Waals surface area (Å²) in [5.74, 6) is 0. The van der Waals surface area contributed by atoms with Gasteiger partial charge in [0.2, 0.25) is 0 Å². The maximum absolute atomic E-state index is 4.62. The van der Waals surface area contributed by atoms with Gasteiger partial charge in [-0.05, 0) is 44.2 Å². The van der Waals surface area contributed by atoms with Crippen LogP contribution in [0, 0.1) is 0 Å². The number of nitrogens with zero attached hydrogens (tertiary/aromatic N) is 3. The van der Waals surface area contributed by atoms with Crippen LogP contribution in [0.15, 0.2) is 84.1 Å². The fraction of sp³-hybridized carbons (Fsp3) is 0.160. The molecule has 144 valence electrons. The molecule has 0 atom stereocenters. The SMILES string of the molecule is CN=C(C=C(NC(C)C)c1cnc2ccccc2c1)c1cnc2ccccc2c1. The van der Waals surface area contributed by atoms with E-state index in [1.54, 1.807) is 0 Å². The predicted octanol–water partition coefficient (Wildman–Crippen LogP) is 5.24. The number of nitrogens with one attached hydrogen (secondary N) is 1. The Kier molecular flexibility index (Phi) is 5.34. The van der Waals surface area contributed by atoms with Gasteiger partial charge in [-0.2, -0.15) is 0 Å². The second kappa shape index (κ2) is 8.23. The van der Waals surface area contributed by atoms with Crippen molar-refractivity contribution >= 4 is 33.2 Å². The number of hydrogen-bond donors (Lipinski definition) is 1. The number of para-hydroxylation sites is 2. The van der Waals surface area contributed by atoms with Crippen LogP contribution in [0.5, 0.6) is 0 Å². The molecule has 0 saturated carbocycles. The molecule has 0 bridgehead atoms. The van der Waals surface area contributed by atoms with E-state index in [2.05, 4.69) is 64.5 Å². The van der Waals surface area contributed by atoms with E-state index in [4.69, 9.17) is 0 Å². The van der Waals surface area contributed by atoms with Gasteiger partial charge >= 0.3 is 0 Å². The molecule has 29 heavy (non-hydrogen) atoms. The van der Waals surface area contributed by atoms with Crippen LogP contribution in [0.2, 0.25) is 0 Å². The number of fused-ring (bicyclic) bond motifs is 2. The lowest BCUT2D eigenvalue weighted by Crippen LogP contribution is -2.22. The summed E-state index contributed by atoms with van der Waals surface area (Å²) in [6.45, 7) is 4.26. The first-order valence-electron chi connectivity index (χ1n) is 9.79. The van der Waals surface area contributed by atoms with Crippen molar-refractivity contribution in [3.63, 3.8) is 0 Å². The molecule has 0 aliphatic rings. The highest BCUT2D eigenvalue weighted by Crippen LogP contribution is 2.20. The van der Waals surface area contributed by atoms with Crippen LogP contribution in [0.4, 0.5) is 0 Å². The van der Waals surface area contributed by atoms with Gasteiger partial charge in [-0.25, -0.2) is 0 Å². The molecule has 0 amide bonds. The maximum atomic E-state index is 4.62. The predicted molar refractivity (Wildman–Crippen MR) is 122 cm³/mol. The normalized spacial score (nSPS) is 12.7. The Morgan fingerprint density at radius 3 is 2.00 bits per heavy atom. The first kappa shape index (κ1) is 18.8. The first-order chi connectivity index (χ1) is 14.1. The number of allylic oxidation sites excluding steroid dienone is 1. The Morgan fingerprint density at radius 1 is 0.862 bits per heavy atom.